The van der Waals surface area contributed by atoms with Gasteiger partial charge in [-0.3, -0.25) is 0 Å². The third-order valence-corrected chi connectivity index (χ3v) is 1.79. The summed E-state index contributed by atoms with van der Waals surface area (Å²) in [5.74, 6) is 0. The number of likely N-dealkylation sites (tertiary alicyclic amines) is 1. The summed E-state index contributed by atoms with van der Waals surface area (Å²) >= 11 is 0. The molecule has 0 saturated carbocycles. The van der Waals surface area contributed by atoms with E-state index in [4.69, 9.17) is 0 Å². The van der Waals surface area contributed by atoms with Crippen LogP contribution in [0.2, 0.25) is 0 Å². The molecule has 1 aliphatic rings. The highest BCUT2D eigenvalue weighted by Crippen LogP contribution is 2.21. The fourth-order valence-electron chi connectivity index (χ4n) is 1.18. The van der Waals surface area contributed by atoms with Crippen molar-refractivity contribution in [2.75, 3.05) is 20.1 Å². The number of hydrogen-bond donors (Lipinski definition) is 1. The van der Waals surface area contributed by atoms with Gasteiger partial charge in [0.15, 0.2) is 0 Å². The maximum atomic E-state index is 9.35. The van der Waals surface area contributed by atoms with Gasteiger partial charge in [-0.05, 0) is 13.5 Å². The lowest BCUT2D eigenvalue weighted by atomic mass is 9.92. The average Bonchev–Trinajstić information content (AvgIpc) is 1.63. The molecule has 0 aliphatic carbocycles. The van der Waals surface area contributed by atoms with Crippen molar-refractivity contribution in [3.63, 3.8) is 0 Å². The van der Waals surface area contributed by atoms with Gasteiger partial charge in [0.25, 0.3) is 0 Å². The van der Waals surface area contributed by atoms with E-state index in [1.165, 1.54) is 0 Å². The Morgan fingerprint density at radius 1 is 1.62 bits per heavy atom. The lowest BCUT2D eigenvalue weighted by Crippen LogP contribution is -2.59. The van der Waals surface area contributed by atoms with Crippen LogP contribution in [0.1, 0.15) is 13.3 Å². The first-order chi connectivity index (χ1) is 3.66. The van der Waals surface area contributed by atoms with E-state index in [9.17, 15) is 5.11 Å². The second-order valence-electron chi connectivity index (χ2n) is 2.75. The van der Waals surface area contributed by atoms with Gasteiger partial charge in [0.1, 0.15) is 0 Å². The molecule has 1 heterocycles. The van der Waals surface area contributed by atoms with Crippen molar-refractivity contribution in [2.24, 2.45) is 0 Å². The lowest BCUT2D eigenvalue weighted by molar-refractivity contribution is -0.0876. The molecule has 0 aromatic heterocycles. The number of hydrogen-bond acceptors (Lipinski definition) is 2. The molecule has 0 bridgehead atoms. The summed E-state index contributed by atoms with van der Waals surface area (Å²) in [6.07, 6.45) is 0.886. The molecular weight excluding hydrogens is 102 g/mol. The smallest absolute Gasteiger partial charge is 0.0897 e. The lowest BCUT2D eigenvalue weighted by Gasteiger charge is -2.43. The Morgan fingerprint density at radius 2 is 2.12 bits per heavy atom. The maximum absolute atomic E-state index is 9.35. The Labute approximate surface area is 50.1 Å². The van der Waals surface area contributed by atoms with Crippen molar-refractivity contribution in [1.82, 2.24) is 4.90 Å². The third kappa shape index (κ3) is 0.858. The molecule has 0 spiro atoms. The number of nitrogens with zero attached hydrogens (tertiary/aromatic N) is 1. The second-order valence-corrected chi connectivity index (χ2v) is 2.75. The molecule has 1 fully saturated rings. The molecule has 0 atom stereocenters. The zero-order valence-electron chi connectivity index (χ0n) is 5.52. The standard InChI is InChI=1S/C6H13NO/c1-3-6(8)4-7(2)5-6/h8H,3-5H2,1-2H3. The number of aliphatic hydroxyl groups is 1. The highest BCUT2D eigenvalue weighted by Gasteiger charge is 2.36. The molecule has 0 amide bonds. The summed E-state index contributed by atoms with van der Waals surface area (Å²) in [6, 6.07) is 0. The van der Waals surface area contributed by atoms with E-state index in [0.29, 0.717) is 0 Å². The topological polar surface area (TPSA) is 23.5 Å². The third-order valence-electron chi connectivity index (χ3n) is 1.79. The van der Waals surface area contributed by atoms with Gasteiger partial charge in [-0.15, -0.1) is 0 Å². The zero-order valence-corrected chi connectivity index (χ0v) is 5.52. The summed E-state index contributed by atoms with van der Waals surface area (Å²) in [6.45, 7) is 3.72. The van der Waals surface area contributed by atoms with Crippen molar-refractivity contribution < 1.29 is 5.11 Å². The Morgan fingerprint density at radius 3 is 2.25 bits per heavy atom. The van der Waals surface area contributed by atoms with E-state index in [2.05, 4.69) is 4.90 Å². The van der Waals surface area contributed by atoms with E-state index in [-0.39, 0.29) is 5.60 Å². The summed E-state index contributed by atoms with van der Waals surface area (Å²) in [7, 11) is 2.02. The highest BCUT2D eigenvalue weighted by atomic mass is 16.3. The van der Waals surface area contributed by atoms with Gasteiger partial charge in [-0.25, -0.2) is 0 Å². The normalized spacial score (nSPS) is 27.4. The molecule has 1 N–H and O–H groups in total. The first-order valence-corrected chi connectivity index (χ1v) is 3.07. The molecule has 0 aromatic rings. The van der Waals surface area contributed by atoms with Crippen molar-refractivity contribution in [2.45, 2.75) is 18.9 Å². The van der Waals surface area contributed by atoms with Crippen LogP contribution in [0.15, 0.2) is 0 Å². The minimum Gasteiger partial charge on any atom is -0.387 e. The first kappa shape index (κ1) is 6.05. The van der Waals surface area contributed by atoms with Crippen LogP contribution in [0.25, 0.3) is 0 Å². The van der Waals surface area contributed by atoms with Crippen LogP contribution in [-0.2, 0) is 0 Å². The van der Waals surface area contributed by atoms with Crippen LogP contribution in [0.3, 0.4) is 0 Å². The van der Waals surface area contributed by atoms with Gasteiger partial charge in [0.05, 0.1) is 5.60 Å². The van der Waals surface area contributed by atoms with Crippen LogP contribution < -0.4 is 0 Å². The minimum atomic E-state index is -0.339. The predicted molar refractivity (Wildman–Crippen MR) is 32.7 cm³/mol. The molecule has 1 rings (SSSR count). The van der Waals surface area contributed by atoms with Gasteiger partial charge in [-0.1, -0.05) is 6.92 Å². The minimum absolute atomic E-state index is 0.339. The molecule has 1 saturated heterocycles. The SMILES string of the molecule is CCC1(O)CN(C)C1. The fourth-order valence-corrected chi connectivity index (χ4v) is 1.18. The summed E-state index contributed by atoms with van der Waals surface area (Å²) in [5, 5.41) is 9.35. The molecule has 0 unspecified atom stereocenters. The van der Waals surface area contributed by atoms with Crippen LogP contribution >= 0.6 is 0 Å². The van der Waals surface area contributed by atoms with Gasteiger partial charge in [-0.2, -0.15) is 0 Å². The quantitative estimate of drug-likeness (QED) is 0.523. The van der Waals surface area contributed by atoms with Crippen molar-refractivity contribution in [1.29, 1.82) is 0 Å². The maximum Gasteiger partial charge on any atom is 0.0897 e. The van der Waals surface area contributed by atoms with E-state index in [1.807, 2.05) is 14.0 Å². The summed E-state index contributed by atoms with van der Waals surface area (Å²) in [5.41, 5.74) is -0.339. The Balaban J connectivity index is 2.30. The number of likely N-dealkylation sites (N-methyl/N-ethyl adjacent to an activating group) is 1. The van der Waals surface area contributed by atoms with E-state index < -0.39 is 0 Å². The Kier molecular flexibility index (Phi) is 1.29. The number of β-amino-alcohol motifs (C(OH)–C–C–N with tert-alkyl or cyclic N) is 1. The molecule has 8 heavy (non-hydrogen) atoms. The molecule has 0 radical (unpaired) electrons. The van der Waals surface area contributed by atoms with E-state index >= 15 is 0 Å². The molecule has 2 heteroatoms. The van der Waals surface area contributed by atoms with Crippen molar-refractivity contribution in [3.05, 3.63) is 0 Å². The van der Waals surface area contributed by atoms with Crippen LogP contribution in [0, 0.1) is 0 Å². The summed E-state index contributed by atoms with van der Waals surface area (Å²) < 4.78 is 0. The molecule has 2 nitrogen and oxygen atoms in total. The first-order valence-electron chi connectivity index (χ1n) is 3.07. The number of rotatable bonds is 1. The van der Waals surface area contributed by atoms with Gasteiger partial charge >= 0.3 is 0 Å². The zero-order chi connectivity index (χ0) is 6.20. The molecule has 1 aliphatic heterocycles. The van der Waals surface area contributed by atoms with Crippen molar-refractivity contribution in [3.8, 4) is 0 Å². The predicted octanol–water partition coefficient (Wildman–Crippen LogP) is 0.0729. The molecule has 48 valence electrons. The van der Waals surface area contributed by atoms with Gasteiger partial charge in [0, 0.05) is 13.1 Å². The van der Waals surface area contributed by atoms with Crippen LogP contribution in [0.4, 0.5) is 0 Å². The highest BCUT2D eigenvalue weighted by molar-refractivity contribution is 4.92. The average molecular weight is 115 g/mol. The molecule has 0 aromatic carbocycles. The van der Waals surface area contributed by atoms with Crippen LogP contribution in [-0.4, -0.2) is 35.7 Å². The molecular formula is C6H13NO. The van der Waals surface area contributed by atoms with Gasteiger partial charge in [0.2, 0.25) is 0 Å². The second kappa shape index (κ2) is 1.71. The monoisotopic (exact) mass is 115 g/mol. The fraction of sp³-hybridized carbons (Fsp3) is 1.00. The van der Waals surface area contributed by atoms with Crippen LogP contribution in [0.5, 0.6) is 0 Å². The van der Waals surface area contributed by atoms with E-state index in [1.54, 1.807) is 0 Å². The van der Waals surface area contributed by atoms with Crippen molar-refractivity contribution >= 4 is 0 Å². The Bertz CT molecular complexity index is 86.5. The van der Waals surface area contributed by atoms with Gasteiger partial charge < -0.3 is 10.0 Å². The summed E-state index contributed by atoms with van der Waals surface area (Å²) in [4.78, 5) is 2.11. The Hall–Kier alpha value is -0.0800. The van der Waals surface area contributed by atoms with E-state index in [0.717, 1.165) is 19.5 Å². The largest absolute Gasteiger partial charge is 0.387 e.